The highest BCUT2D eigenvalue weighted by Crippen LogP contribution is 2.43. The highest BCUT2D eigenvalue weighted by Gasteiger charge is 2.55. The first kappa shape index (κ1) is 22.4. The number of benzene rings is 1. The summed E-state index contributed by atoms with van der Waals surface area (Å²) >= 11 is 0. The smallest absolute Gasteiger partial charge is 0.322 e. The van der Waals surface area contributed by atoms with Crippen LogP contribution in [0.5, 0.6) is 0 Å². The molecule has 0 spiro atoms. The number of nitrogens with one attached hydrogen (secondary N) is 2. The molecule has 1 unspecified atom stereocenters. The summed E-state index contributed by atoms with van der Waals surface area (Å²) < 4.78 is 1.96. The van der Waals surface area contributed by atoms with Gasteiger partial charge in [0.05, 0.1) is 6.20 Å². The van der Waals surface area contributed by atoms with E-state index in [0.29, 0.717) is 25.6 Å². The second-order valence-corrected chi connectivity index (χ2v) is 9.87. The Hall–Kier alpha value is -3.36. The molecule has 3 heterocycles. The molecule has 9 heteroatoms. The van der Waals surface area contributed by atoms with Gasteiger partial charge < -0.3 is 15.1 Å². The molecular weight excluding hydrogens is 432 g/mol. The number of hydrogen-bond donors (Lipinski definition) is 2. The van der Waals surface area contributed by atoms with Gasteiger partial charge in [-0.1, -0.05) is 12.1 Å². The third-order valence-electron chi connectivity index (χ3n) is 7.28. The van der Waals surface area contributed by atoms with Crippen LogP contribution in [0.25, 0.3) is 11.1 Å². The van der Waals surface area contributed by atoms with Gasteiger partial charge in [0, 0.05) is 56.1 Å². The number of amides is 4. The van der Waals surface area contributed by atoms with E-state index < -0.39 is 11.6 Å². The Bertz CT molecular complexity index is 1100. The molecule has 1 aliphatic carbocycles. The Morgan fingerprint density at radius 3 is 2.53 bits per heavy atom. The zero-order valence-corrected chi connectivity index (χ0v) is 19.8. The molecule has 3 aliphatic rings. The van der Waals surface area contributed by atoms with Crippen LogP contribution >= 0.6 is 0 Å². The van der Waals surface area contributed by atoms with Gasteiger partial charge in [-0.15, -0.1) is 0 Å². The molecule has 2 aromatic rings. The van der Waals surface area contributed by atoms with Crippen LogP contribution in [0.3, 0.4) is 0 Å². The first-order chi connectivity index (χ1) is 16.4. The Morgan fingerprint density at radius 2 is 1.91 bits per heavy atom. The number of urea groups is 1. The SMILES string of the molecule is CC(C)n1cc(-c2cccc(N3CCN(C(=O)CCC4(C5CC5)NC(=O)NC4=O)CC3)c2)cn1. The number of carbonyl (C=O) groups excluding carboxylic acids is 3. The van der Waals surface area contributed by atoms with Crippen LogP contribution in [0.4, 0.5) is 10.5 Å². The van der Waals surface area contributed by atoms with Crippen molar-refractivity contribution in [3.63, 3.8) is 0 Å². The minimum Gasteiger partial charge on any atom is -0.368 e. The molecule has 2 saturated heterocycles. The van der Waals surface area contributed by atoms with Gasteiger partial charge in [0.2, 0.25) is 5.91 Å². The Morgan fingerprint density at radius 1 is 1.15 bits per heavy atom. The second kappa shape index (κ2) is 8.77. The number of carbonyl (C=O) groups is 3. The van der Waals surface area contributed by atoms with Gasteiger partial charge in [-0.3, -0.25) is 19.6 Å². The fraction of sp³-hybridized carbons (Fsp3) is 0.520. The van der Waals surface area contributed by atoms with Gasteiger partial charge in [-0.25, -0.2) is 4.79 Å². The third kappa shape index (κ3) is 4.26. The summed E-state index contributed by atoms with van der Waals surface area (Å²) in [6, 6.07) is 8.32. The molecule has 5 rings (SSSR count). The first-order valence-corrected chi connectivity index (χ1v) is 12.2. The predicted octanol–water partition coefficient (Wildman–Crippen LogP) is 2.55. The molecular formula is C25H32N6O3. The largest absolute Gasteiger partial charge is 0.368 e. The number of aromatic nitrogens is 2. The summed E-state index contributed by atoms with van der Waals surface area (Å²) in [5, 5.41) is 9.61. The molecule has 4 amide bonds. The van der Waals surface area contributed by atoms with E-state index in [0.717, 1.165) is 42.7 Å². The lowest BCUT2D eigenvalue weighted by atomic mass is 9.87. The molecule has 0 bridgehead atoms. The van der Waals surface area contributed by atoms with Crippen LogP contribution in [0.2, 0.25) is 0 Å². The zero-order chi connectivity index (χ0) is 23.9. The number of hydrogen-bond acceptors (Lipinski definition) is 5. The fourth-order valence-electron chi connectivity index (χ4n) is 5.08. The lowest BCUT2D eigenvalue weighted by molar-refractivity contribution is -0.132. The van der Waals surface area contributed by atoms with Crippen molar-refractivity contribution in [3.05, 3.63) is 36.7 Å². The summed E-state index contributed by atoms with van der Waals surface area (Å²) in [6.45, 7) is 7.01. The maximum Gasteiger partial charge on any atom is 0.322 e. The summed E-state index contributed by atoms with van der Waals surface area (Å²) in [7, 11) is 0. The average molecular weight is 465 g/mol. The van der Waals surface area contributed by atoms with E-state index in [2.05, 4.69) is 64.9 Å². The van der Waals surface area contributed by atoms with Crippen LogP contribution in [-0.4, -0.2) is 64.2 Å². The number of imide groups is 1. The molecule has 3 fully saturated rings. The van der Waals surface area contributed by atoms with Crippen molar-refractivity contribution in [3.8, 4) is 11.1 Å². The van der Waals surface area contributed by atoms with Gasteiger partial charge in [-0.05, 0) is 56.7 Å². The molecule has 34 heavy (non-hydrogen) atoms. The van der Waals surface area contributed by atoms with Gasteiger partial charge >= 0.3 is 6.03 Å². The molecule has 1 aromatic carbocycles. The van der Waals surface area contributed by atoms with Crippen molar-refractivity contribution >= 4 is 23.5 Å². The van der Waals surface area contributed by atoms with E-state index in [1.54, 1.807) is 0 Å². The van der Waals surface area contributed by atoms with Gasteiger partial charge in [0.15, 0.2) is 0 Å². The highest BCUT2D eigenvalue weighted by atomic mass is 16.2. The Labute approximate surface area is 199 Å². The summed E-state index contributed by atoms with van der Waals surface area (Å²) in [5.41, 5.74) is 2.46. The number of anilines is 1. The van der Waals surface area contributed by atoms with Crippen LogP contribution in [-0.2, 0) is 9.59 Å². The normalized spacial score (nSPS) is 22.8. The highest BCUT2D eigenvalue weighted by molar-refractivity contribution is 6.07. The van der Waals surface area contributed by atoms with Crippen LogP contribution in [0.15, 0.2) is 36.7 Å². The fourth-order valence-corrected chi connectivity index (χ4v) is 5.08. The monoisotopic (exact) mass is 464 g/mol. The van der Waals surface area contributed by atoms with Gasteiger partial charge in [0.25, 0.3) is 5.91 Å². The zero-order valence-electron chi connectivity index (χ0n) is 19.8. The van der Waals surface area contributed by atoms with Crippen LogP contribution in [0.1, 0.15) is 45.6 Å². The van der Waals surface area contributed by atoms with E-state index in [1.807, 2.05) is 15.8 Å². The summed E-state index contributed by atoms with van der Waals surface area (Å²) in [4.78, 5) is 41.2. The third-order valence-corrected chi connectivity index (χ3v) is 7.28. The Balaban J connectivity index is 1.18. The van der Waals surface area contributed by atoms with E-state index in [-0.39, 0.29) is 24.2 Å². The summed E-state index contributed by atoms with van der Waals surface area (Å²) in [6.07, 6.45) is 6.43. The van der Waals surface area contributed by atoms with E-state index >= 15 is 0 Å². The van der Waals surface area contributed by atoms with Crippen molar-refractivity contribution in [1.82, 2.24) is 25.3 Å². The van der Waals surface area contributed by atoms with Gasteiger partial charge in [0.1, 0.15) is 5.54 Å². The maximum atomic E-state index is 12.9. The number of nitrogens with zero attached hydrogens (tertiary/aromatic N) is 4. The molecule has 1 saturated carbocycles. The maximum absolute atomic E-state index is 12.9. The quantitative estimate of drug-likeness (QED) is 0.614. The first-order valence-electron chi connectivity index (χ1n) is 12.2. The predicted molar refractivity (Wildman–Crippen MR) is 128 cm³/mol. The molecule has 2 aliphatic heterocycles. The van der Waals surface area contributed by atoms with Crippen molar-refractivity contribution in [2.24, 2.45) is 5.92 Å². The minimum atomic E-state index is -0.904. The second-order valence-electron chi connectivity index (χ2n) is 9.87. The molecule has 1 atom stereocenters. The van der Waals surface area contributed by atoms with E-state index in [1.165, 1.54) is 0 Å². The molecule has 0 radical (unpaired) electrons. The molecule has 1 aromatic heterocycles. The van der Waals surface area contributed by atoms with Crippen LogP contribution in [0, 0.1) is 5.92 Å². The van der Waals surface area contributed by atoms with Crippen LogP contribution < -0.4 is 15.5 Å². The standard InChI is InChI=1S/C25H32N6O3/c1-17(2)31-16-19(15-26-31)18-4-3-5-21(14-18)29-10-12-30(13-11-29)22(32)8-9-25(20-6-7-20)23(33)27-24(34)28-25/h3-5,14-17,20H,6-13H2,1-2H3,(H2,27,28,33,34). The summed E-state index contributed by atoms with van der Waals surface area (Å²) in [5.74, 6) is -0.0940. The average Bonchev–Trinajstić information content (AvgIpc) is 3.49. The topological polar surface area (TPSA) is 99.6 Å². The number of rotatable bonds is 7. The lowest BCUT2D eigenvalue weighted by Crippen LogP contribution is -2.51. The van der Waals surface area contributed by atoms with Crippen molar-refractivity contribution < 1.29 is 14.4 Å². The minimum absolute atomic E-state index is 0.0449. The molecule has 2 N–H and O–H groups in total. The van der Waals surface area contributed by atoms with E-state index in [9.17, 15) is 14.4 Å². The van der Waals surface area contributed by atoms with E-state index in [4.69, 9.17) is 0 Å². The molecule has 180 valence electrons. The lowest BCUT2D eigenvalue weighted by Gasteiger charge is -2.37. The van der Waals surface area contributed by atoms with Gasteiger partial charge in [-0.2, -0.15) is 5.10 Å². The number of piperazine rings is 1. The van der Waals surface area contributed by atoms with Crippen molar-refractivity contribution in [2.75, 3.05) is 31.1 Å². The molecule has 9 nitrogen and oxygen atoms in total. The van der Waals surface area contributed by atoms with Crippen molar-refractivity contribution in [1.29, 1.82) is 0 Å². The van der Waals surface area contributed by atoms with Crippen molar-refractivity contribution in [2.45, 2.75) is 51.1 Å². The Kier molecular flexibility index (Phi) is 5.79.